The number of carbonyl (C=O) groups is 1. The Bertz CT molecular complexity index is 455. The first-order valence-electron chi connectivity index (χ1n) is 6.66. The maximum absolute atomic E-state index is 12.3. The first-order valence-corrected chi connectivity index (χ1v) is 7.45. The number of carbonyl (C=O) groups excluding carboxylic acids is 1. The Morgan fingerprint density at radius 3 is 2.74 bits per heavy atom. The molecule has 1 saturated heterocycles. The summed E-state index contributed by atoms with van der Waals surface area (Å²) in [6.07, 6.45) is 3.29. The Morgan fingerprint density at radius 2 is 2.16 bits per heavy atom. The van der Waals surface area contributed by atoms with Gasteiger partial charge in [-0.25, -0.2) is 0 Å². The molecule has 0 amide bonds. The fourth-order valence-corrected chi connectivity index (χ4v) is 3.40. The van der Waals surface area contributed by atoms with Crippen molar-refractivity contribution in [2.24, 2.45) is 0 Å². The normalized spacial score (nSPS) is 24.8. The van der Waals surface area contributed by atoms with Crippen molar-refractivity contribution < 1.29 is 9.53 Å². The van der Waals surface area contributed by atoms with E-state index in [9.17, 15) is 4.79 Å². The van der Waals surface area contributed by atoms with Gasteiger partial charge in [0.25, 0.3) is 0 Å². The van der Waals surface area contributed by atoms with Gasteiger partial charge in [0.1, 0.15) is 5.92 Å². The van der Waals surface area contributed by atoms with Crippen molar-refractivity contribution in [1.29, 1.82) is 0 Å². The van der Waals surface area contributed by atoms with Gasteiger partial charge in [-0.05, 0) is 37.9 Å². The molecule has 4 heteroatoms. The van der Waals surface area contributed by atoms with Crippen LogP contribution in [0.3, 0.4) is 0 Å². The Labute approximate surface area is 122 Å². The van der Waals surface area contributed by atoms with Crippen LogP contribution in [0.4, 0.5) is 0 Å². The highest BCUT2D eigenvalue weighted by Gasteiger charge is 2.42. The standard InChI is InChI=1S/C15H20BrNO2/c1-15(9-5-6-10-17-15)13(14(18)19-2)11-7-3-4-8-12(11)16/h3-4,7-8,13,17H,5-6,9-10H2,1-2H3/t13-,15+/m0/s1. The predicted molar refractivity (Wildman–Crippen MR) is 79.2 cm³/mol. The third-order valence-corrected chi connectivity index (χ3v) is 4.66. The van der Waals surface area contributed by atoms with Gasteiger partial charge >= 0.3 is 5.97 Å². The van der Waals surface area contributed by atoms with Crippen LogP contribution in [-0.4, -0.2) is 25.2 Å². The van der Waals surface area contributed by atoms with Crippen LogP contribution >= 0.6 is 15.9 Å². The number of nitrogens with one attached hydrogen (secondary N) is 1. The second kappa shape index (κ2) is 6.06. The summed E-state index contributed by atoms with van der Waals surface area (Å²) in [7, 11) is 1.46. The topological polar surface area (TPSA) is 38.3 Å². The van der Waals surface area contributed by atoms with Gasteiger partial charge < -0.3 is 10.1 Å². The van der Waals surface area contributed by atoms with Crippen molar-refractivity contribution >= 4 is 21.9 Å². The highest BCUT2D eigenvalue weighted by molar-refractivity contribution is 9.10. The Morgan fingerprint density at radius 1 is 1.42 bits per heavy atom. The number of methoxy groups -OCH3 is 1. The summed E-state index contributed by atoms with van der Waals surface area (Å²) < 4.78 is 6.00. The maximum atomic E-state index is 12.3. The second-order valence-electron chi connectivity index (χ2n) is 5.28. The molecule has 2 atom stereocenters. The lowest BCUT2D eigenvalue weighted by atomic mass is 9.75. The number of piperidine rings is 1. The molecule has 0 unspecified atom stereocenters. The van der Waals surface area contributed by atoms with Gasteiger partial charge in [-0.15, -0.1) is 0 Å². The Kier molecular flexibility index (Phi) is 4.63. The molecule has 1 fully saturated rings. The van der Waals surface area contributed by atoms with Gasteiger partial charge in [0.2, 0.25) is 0 Å². The lowest BCUT2D eigenvalue weighted by molar-refractivity contribution is -0.144. The molecule has 104 valence electrons. The molecule has 0 spiro atoms. The van der Waals surface area contributed by atoms with E-state index in [0.717, 1.165) is 29.4 Å². The van der Waals surface area contributed by atoms with E-state index in [1.807, 2.05) is 24.3 Å². The van der Waals surface area contributed by atoms with Crippen molar-refractivity contribution in [3.05, 3.63) is 34.3 Å². The predicted octanol–water partition coefficient (Wildman–Crippen LogP) is 3.24. The molecule has 1 aromatic rings. The van der Waals surface area contributed by atoms with Crippen LogP contribution in [-0.2, 0) is 9.53 Å². The van der Waals surface area contributed by atoms with Gasteiger partial charge in [0.15, 0.2) is 0 Å². The fraction of sp³-hybridized carbons (Fsp3) is 0.533. The molecular formula is C15H20BrNO2. The van der Waals surface area contributed by atoms with Crippen LogP contribution in [0.5, 0.6) is 0 Å². The summed E-state index contributed by atoms with van der Waals surface area (Å²) in [5.74, 6) is -0.461. The Balaban J connectivity index is 2.41. The average Bonchev–Trinajstić information content (AvgIpc) is 2.41. The number of hydrogen-bond acceptors (Lipinski definition) is 3. The van der Waals surface area contributed by atoms with Crippen molar-refractivity contribution in [3.8, 4) is 0 Å². The van der Waals surface area contributed by atoms with E-state index >= 15 is 0 Å². The second-order valence-corrected chi connectivity index (χ2v) is 6.13. The van der Waals surface area contributed by atoms with E-state index in [4.69, 9.17) is 4.74 Å². The molecule has 2 rings (SSSR count). The molecule has 1 aliphatic heterocycles. The van der Waals surface area contributed by atoms with Crippen LogP contribution < -0.4 is 5.32 Å². The van der Waals surface area contributed by atoms with E-state index < -0.39 is 0 Å². The minimum Gasteiger partial charge on any atom is -0.468 e. The zero-order valence-corrected chi connectivity index (χ0v) is 13.0. The monoisotopic (exact) mass is 325 g/mol. The van der Waals surface area contributed by atoms with Gasteiger partial charge in [-0.3, -0.25) is 4.79 Å². The zero-order valence-electron chi connectivity index (χ0n) is 11.4. The molecule has 0 saturated carbocycles. The van der Waals surface area contributed by atoms with Crippen molar-refractivity contribution in [1.82, 2.24) is 5.32 Å². The number of esters is 1. The lowest BCUT2D eigenvalue weighted by Gasteiger charge is -2.40. The summed E-state index contributed by atoms with van der Waals surface area (Å²) in [5.41, 5.74) is 0.751. The van der Waals surface area contributed by atoms with Crippen LogP contribution in [0.1, 0.15) is 37.7 Å². The van der Waals surface area contributed by atoms with Gasteiger partial charge in [-0.2, -0.15) is 0 Å². The van der Waals surface area contributed by atoms with Gasteiger partial charge in [0, 0.05) is 10.0 Å². The summed E-state index contributed by atoms with van der Waals surface area (Å²) in [6, 6.07) is 7.88. The first-order chi connectivity index (χ1) is 9.08. The minimum absolute atomic E-state index is 0.177. The molecule has 3 nitrogen and oxygen atoms in total. The van der Waals surface area contributed by atoms with Crippen molar-refractivity contribution in [2.75, 3.05) is 13.7 Å². The number of halogens is 1. The minimum atomic E-state index is -0.284. The fourth-order valence-electron chi connectivity index (χ4n) is 2.88. The highest BCUT2D eigenvalue weighted by atomic mass is 79.9. The highest BCUT2D eigenvalue weighted by Crippen LogP contribution is 2.38. The quantitative estimate of drug-likeness (QED) is 0.867. The molecule has 1 aromatic carbocycles. The van der Waals surface area contributed by atoms with Crippen LogP contribution in [0.25, 0.3) is 0 Å². The van der Waals surface area contributed by atoms with Gasteiger partial charge in [0.05, 0.1) is 7.11 Å². The number of benzene rings is 1. The number of hydrogen-bond donors (Lipinski definition) is 1. The summed E-state index contributed by atoms with van der Waals surface area (Å²) in [5, 5.41) is 3.51. The molecular weight excluding hydrogens is 306 g/mol. The number of rotatable bonds is 3. The van der Waals surface area contributed by atoms with Crippen molar-refractivity contribution in [2.45, 2.75) is 37.6 Å². The van der Waals surface area contributed by atoms with E-state index in [-0.39, 0.29) is 17.4 Å². The van der Waals surface area contributed by atoms with Crippen LogP contribution in [0, 0.1) is 0 Å². The molecule has 1 N–H and O–H groups in total. The molecule has 0 radical (unpaired) electrons. The van der Waals surface area contributed by atoms with Crippen LogP contribution in [0.2, 0.25) is 0 Å². The maximum Gasteiger partial charge on any atom is 0.315 e. The largest absolute Gasteiger partial charge is 0.468 e. The van der Waals surface area contributed by atoms with Crippen LogP contribution in [0.15, 0.2) is 28.7 Å². The molecule has 1 aliphatic rings. The lowest BCUT2D eigenvalue weighted by Crippen LogP contribution is -2.53. The molecule has 19 heavy (non-hydrogen) atoms. The SMILES string of the molecule is COC(=O)[C@H](c1ccccc1Br)[C@@]1(C)CCCCN1. The summed E-state index contributed by atoms with van der Waals surface area (Å²) >= 11 is 3.55. The smallest absolute Gasteiger partial charge is 0.315 e. The van der Waals surface area contributed by atoms with Crippen molar-refractivity contribution in [3.63, 3.8) is 0 Å². The molecule has 0 bridgehead atoms. The summed E-state index contributed by atoms with van der Waals surface area (Å²) in [6.45, 7) is 3.07. The molecule has 1 heterocycles. The summed E-state index contributed by atoms with van der Waals surface area (Å²) in [4.78, 5) is 12.3. The van der Waals surface area contributed by atoms with Gasteiger partial charge in [-0.1, -0.05) is 40.5 Å². The Hall–Kier alpha value is -0.870. The van der Waals surface area contributed by atoms with E-state index in [0.29, 0.717) is 0 Å². The third-order valence-electron chi connectivity index (χ3n) is 3.94. The van der Waals surface area contributed by atoms with E-state index in [1.165, 1.54) is 13.5 Å². The third kappa shape index (κ3) is 3.00. The number of ether oxygens (including phenoxy) is 1. The average molecular weight is 326 g/mol. The molecule has 0 aliphatic carbocycles. The van der Waals surface area contributed by atoms with E-state index in [1.54, 1.807) is 0 Å². The zero-order chi connectivity index (χ0) is 13.9. The first kappa shape index (κ1) is 14.5. The molecule has 0 aromatic heterocycles. The van der Waals surface area contributed by atoms with E-state index in [2.05, 4.69) is 28.2 Å².